The Bertz CT molecular complexity index is 400. The summed E-state index contributed by atoms with van der Waals surface area (Å²) in [6.45, 7) is 0. The van der Waals surface area contributed by atoms with Gasteiger partial charge in [-0.05, 0) is 31.9 Å². The van der Waals surface area contributed by atoms with Gasteiger partial charge in [-0.3, -0.25) is 4.79 Å². The number of fused-ring (bicyclic) bond motifs is 1. The van der Waals surface area contributed by atoms with E-state index in [9.17, 15) is 4.79 Å². The molecule has 1 aliphatic rings. The zero-order valence-electron chi connectivity index (χ0n) is 9.12. The Morgan fingerprint density at radius 1 is 1.47 bits per heavy atom. The van der Waals surface area contributed by atoms with Crippen molar-refractivity contribution in [3.8, 4) is 0 Å². The van der Waals surface area contributed by atoms with Crippen molar-refractivity contribution in [3.63, 3.8) is 0 Å². The fourth-order valence-electron chi connectivity index (χ4n) is 2.25. The van der Waals surface area contributed by atoms with Gasteiger partial charge in [0.2, 0.25) is 5.56 Å². The summed E-state index contributed by atoms with van der Waals surface area (Å²) in [6.07, 6.45) is 3.36. The van der Waals surface area contributed by atoms with Crippen molar-refractivity contribution in [2.24, 2.45) is 7.05 Å². The molecule has 0 bridgehead atoms. The van der Waals surface area contributed by atoms with Crippen LogP contribution >= 0.6 is 12.4 Å². The van der Waals surface area contributed by atoms with E-state index in [2.05, 4.69) is 5.32 Å². The number of nitrogens with one attached hydrogen (secondary N) is 1. The molecule has 0 radical (unpaired) electrons. The summed E-state index contributed by atoms with van der Waals surface area (Å²) in [5, 5.41) is 3.29. The summed E-state index contributed by atoms with van der Waals surface area (Å²) < 4.78 is 1.78. The highest BCUT2D eigenvalue weighted by molar-refractivity contribution is 5.85. The van der Waals surface area contributed by atoms with Crippen molar-refractivity contribution in [1.82, 2.24) is 9.88 Å². The summed E-state index contributed by atoms with van der Waals surface area (Å²) in [5.41, 5.74) is 2.59. The van der Waals surface area contributed by atoms with Gasteiger partial charge in [0.05, 0.1) is 0 Å². The average Bonchev–Trinajstić information content (AvgIpc) is 2.23. The van der Waals surface area contributed by atoms with Crippen LogP contribution in [0.1, 0.15) is 30.1 Å². The molecular formula is C11H17ClN2O. The van der Waals surface area contributed by atoms with Gasteiger partial charge >= 0.3 is 0 Å². The summed E-state index contributed by atoms with van der Waals surface area (Å²) in [6, 6.07) is 4.05. The smallest absolute Gasteiger partial charge is 0.250 e. The molecule has 15 heavy (non-hydrogen) atoms. The zero-order valence-corrected chi connectivity index (χ0v) is 9.93. The van der Waals surface area contributed by atoms with E-state index in [0.29, 0.717) is 6.04 Å². The molecule has 0 aromatic carbocycles. The normalized spacial score (nSPS) is 19.2. The highest BCUT2D eigenvalue weighted by atomic mass is 35.5. The van der Waals surface area contributed by atoms with Gasteiger partial charge in [-0.15, -0.1) is 12.4 Å². The average molecular weight is 229 g/mol. The van der Waals surface area contributed by atoms with Crippen LogP contribution in [0.4, 0.5) is 0 Å². The maximum Gasteiger partial charge on any atom is 0.250 e. The molecule has 1 heterocycles. The minimum Gasteiger partial charge on any atom is -0.315 e. The first-order valence-corrected chi connectivity index (χ1v) is 5.10. The summed E-state index contributed by atoms with van der Waals surface area (Å²) in [5.74, 6) is 0. The second-order valence-corrected chi connectivity index (χ2v) is 3.87. The number of rotatable bonds is 1. The molecule has 0 amide bonds. The van der Waals surface area contributed by atoms with Gasteiger partial charge in [-0.2, -0.15) is 0 Å². The third-order valence-electron chi connectivity index (χ3n) is 3.10. The zero-order chi connectivity index (χ0) is 10.1. The fourth-order valence-corrected chi connectivity index (χ4v) is 2.25. The van der Waals surface area contributed by atoms with E-state index in [1.165, 1.54) is 17.7 Å². The minimum absolute atomic E-state index is 0. The molecule has 1 unspecified atom stereocenters. The number of pyridine rings is 1. The van der Waals surface area contributed by atoms with Crippen molar-refractivity contribution in [3.05, 3.63) is 33.7 Å². The lowest BCUT2D eigenvalue weighted by molar-refractivity contribution is 0.477. The van der Waals surface area contributed by atoms with E-state index in [1.54, 1.807) is 10.6 Å². The van der Waals surface area contributed by atoms with Gasteiger partial charge in [0.1, 0.15) is 0 Å². The molecule has 0 saturated heterocycles. The Morgan fingerprint density at radius 3 is 2.87 bits per heavy atom. The lowest BCUT2D eigenvalue weighted by Gasteiger charge is -2.26. The van der Waals surface area contributed by atoms with Crippen LogP contribution < -0.4 is 10.9 Å². The van der Waals surface area contributed by atoms with Crippen LogP contribution in [-0.2, 0) is 13.5 Å². The Hall–Kier alpha value is -0.800. The van der Waals surface area contributed by atoms with Gasteiger partial charge in [0, 0.05) is 24.8 Å². The summed E-state index contributed by atoms with van der Waals surface area (Å²) >= 11 is 0. The summed E-state index contributed by atoms with van der Waals surface area (Å²) in [4.78, 5) is 11.4. The Balaban J connectivity index is 0.00000112. The third-order valence-corrected chi connectivity index (χ3v) is 3.10. The molecule has 4 heteroatoms. The first kappa shape index (κ1) is 12.3. The molecule has 3 nitrogen and oxygen atoms in total. The third kappa shape index (κ3) is 2.08. The molecule has 1 aromatic rings. The fraction of sp³-hybridized carbons (Fsp3) is 0.545. The molecule has 1 aromatic heterocycles. The molecule has 2 rings (SSSR count). The van der Waals surface area contributed by atoms with Crippen molar-refractivity contribution >= 4 is 12.4 Å². The lowest BCUT2D eigenvalue weighted by atomic mass is 9.91. The molecule has 1 atom stereocenters. The molecule has 1 aliphatic carbocycles. The van der Waals surface area contributed by atoms with Crippen LogP contribution in [0.5, 0.6) is 0 Å². The van der Waals surface area contributed by atoms with Crippen LogP contribution in [0.3, 0.4) is 0 Å². The van der Waals surface area contributed by atoms with Crippen molar-refractivity contribution in [2.75, 3.05) is 7.05 Å². The standard InChI is InChI=1S/C11H16N2O.ClH/c1-12-9-4-3-5-10-8(9)6-7-11(14)13(10)2;/h6-7,9,12H,3-5H2,1-2H3;1H. The SMILES string of the molecule is CNC1CCCc2c1ccc(=O)n2C.Cl. The molecule has 0 saturated carbocycles. The Labute approximate surface area is 95.9 Å². The number of hydrogen-bond acceptors (Lipinski definition) is 2. The lowest BCUT2D eigenvalue weighted by Crippen LogP contribution is -2.28. The minimum atomic E-state index is 0. The highest BCUT2D eigenvalue weighted by Gasteiger charge is 2.20. The monoisotopic (exact) mass is 228 g/mol. The number of aromatic nitrogens is 1. The predicted octanol–water partition coefficient (Wildman–Crippen LogP) is 1.40. The van der Waals surface area contributed by atoms with Gasteiger partial charge in [-0.1, -0.05) is 6.07 Å². The predicted molar refractivity (Wildman–Crippen MR) is 63.7 cm³/mol. The molecule has 0 spiro atoms. The second kappa shape index (κ2) is 4.81. The van der Waals surface area contributed by atoms with Gasteiger partial charge < -0.3 is 9.88 Å². The van der Waals surface area contributed by atoms with E-state index in [1.807, 2.05) is 20.2 Å². The highest BCUT2D eigenvalue weighted by Crippen LogP contribution is 2.27. The molecular weight excluding hydrogens is 212 g/mol. The van der Waals surface area contributed by atoms with Crippen molar-refractivity contribution < 1.29 is 0 Å². The quantitative estimate of drug-likeness (QED) is 0.789. The second-order valence-electron chi connectivity index (χ2n) is 3.87. The van der Waals surface area contributed by atoms with E-state index in [0.717, 1.165) is 12.8 Å². The number of halogens is 1. The largest absolute Gasteiger partial charge is 0.315 e. The molecule has 1 N–H and O–H groups in total. The maximum atomic E-state index is 11.4. The van der Waals surface area contributed by atoms with Gasteiger partial charge in [-0.25, -0.2) is 0 Å². The topological polar surface area (TPSA) is 34.0 Å². The Morgan fingerprint density at radius 2 is 2.20 bits per heavy atom. The van der Waals surface area contributed by atoms with E-state index >= 15 is 0 Å². The van der Waals surface area contributed by atoms with E-state index in [4.69, 9.17) is 0 Å². The van der Waals surface area contributed by atoms with Crippen LogP contribution in [0.2, 0.25) is 0 Å². The van der Waals surface area contributed by atoms with E-state index < -0.39 is 0 Å². The molecule has 0 aliphatic heterocycles. The Kier molecular flexibility index (Phi) is 3.94. The first-order valence-electron chi connectivity index (χ1n) is 5.10. The van der Waals surface area contributed by atoms with Gasteiger partial charge in [0.15, 0.2) is 0 Å². The van der Waals surface area contributed by atoms with E-state index in [-0.39, 0.29) is 18.0 Å². The molecule has 0 fully saturated rings. The maximum absolute atomic E-state index is 11.4. The van der Waals surface area contributed by atoms with Crippen LogP contribution in [0, 0.1) is 0 Å². The first-order chi connectivity index (χ1) is 6.74. The molecule has 84 valence electrons. The van der Waals surface area contributed by atoms with Crippen LogP contribution in [0.25, 0.3) is 0 Å². The van der Waals surface area contributed by atoms with Crippen molar-refractivity contribution in [2.45, 2.75) is 25.3 Å². The number of hydrogen-bond donors (Lipinski definition) is 1. The van der Waals surface area contributed by atoms with Crippen LogP contribution in [-0.4, -0.2) is 11.6 Å². The number of nitrogens with zero attached hydrogens (tertiary/aromatic N) is 1. The van der Waals surface area contributed by atoms with Gasteiger partial charge in [0.25, 0.3) is 0 Å². The summed E-state index contributed by atoms with van der Waals surface area (Å²) in [7, 11) is 3.84. The van der Waals surface area contributed by atoms with Crippen LogP contribution in [0.15, 0.2) is 16.9 Å². The van der Waals surface area contributed by atoms with Crippen molar-refractivity contribution in [1.29, 1.82) is 0 Å².